The van der Waals surface area contributed by atoms with Crippen LogP contribution >= 0.6 is 0 Å². The van der Waals surface area contributed by atoms with Gasteiger partial charge in [0.15, 0.2) is 0 Å². The topological polar surface area (TPSA) is 20.3 Å². The van der Waals surface area contributed by atoms with Gasteiger partial charge < -0.3 is 0 Å². The summed E-state index contributed by atoms with van der Waals surface area (Å²) in [5.41, 5.74) is 3.47. The summed E-state index contributed by atoms with van der Waals surface area (Å²) in [5, 5.41) is 0. The molecule has 2 saturated heterocycles. The van der Waals surface area contributed by atoms with Crippen molar-refractivity contribution in [2.75, 3.05) is 7.05 Å². The highest BCUT2D eigenvalue weighted by atomic mass is 16.1. The van der Waals surface area contributed by atoms with Crippen molar-refractivity contribution in [1.29, 1.82) is 0 Å². The molecule has 0 amide bonds. The molecule has 1 aromatic rings. The molecule has 5 atom stereocenters. The zero-order valence-corrected chi connectivity index (χ0v) is 14.7. The second-order valence-corrected chi connectivity index (χ2v) is 8.04. The highest BCUT2D eigenvalue weighted by Gasteiger charge is 2.60. The largest absolute Gasteiger partial charge is 0.299 e. The number of carbonyl (C=O) groups excluding carboxylic acids is 1. The molecule has 2 aliphatic heterocycles. The van der Waals surface area contributed by atoms with Gasteiger partial charge in [-0.2, -0.15) is 0 Å². The van der Waals surface area contributed by atoms with Crippen LogP contribution in [0, 0.1) is 11.8 Å². The predicted octanol–water partition coefficient (Wildman–Crippen LogP) is 3.97. The van der Waals surface area contributed by atoms with E-state index in [9.17, 15) is 4.79 Å². The van der Waals surface area contributed by atoms with Gasteiger partial charge in [0.2, 0.25) is 0 Å². The third-order valence-corrected chi connectivity index (χ3v) is 7.29. The van der Waals surface area contributed by atoms with Crippen molar-refractivity contribution in [2.24, 2.45) is 11.8 Å². The van der Waals surface area contributed by atoms with Gasteiger partial charge in [-0.05, 0) is 56.2 Å². The van der Waals surface area contributed by atoms with Gasteiger partial charge in [0.1, 0.15) is 5.78 Å². The fourth-order valence-corrected chi connectivity index (χ4v) is 6.19. The van der Waals surface area contributed by atoms with Crippen LogP contribution < -0.4 is 0 Å². The molecule has 3 fully saturated rings. The van der Waals surface area contributed by atoms with E-state index in [1.165, 1.54) is 19.3 Å². The van der Waals surface area contributed by atoms with Gasteiger partial charge in [-0.25, -0.2) is 0 Å². The molecule has 4 aliphatic rings. The smallest absolute Gasteiger partial charge is 0.137 e. The lowest BCUT2D eigenvalue weighted by molar-refractivity contribution is -0.141. The molecular weight excluding hydrogens is 282 g/mol. The maximum atomic E-state index is 12.7. The van der Waals surface area contributed by atoms with Gasteiger partial charge in [-0.15, -0.1) is 0 Å². The van der Waals surface area contributed by atoms with E-state index in [2.05, 4.69) is 50.1 Å². The van der Waals surface area contributed by atoms with Crippen molar-refractivity contribution in [3.8, 4) is 0 Å². The van der Waals surface area contributed by atoms with Crippen LogP contribution in [-0.2, 0) is 16.6 Å². The molecule has 2 nitrogen and oxygen atoms in total. The van der Waals surface area contributed by atoms with Crippen LogP contribution in [0.1, 0.15) is 57.1 Å². The Kier molecular flexibility index (Phi) is 3.64. The number of piperidine rings is 2. The number of Topliss-reactive ketones (excluding diaryl/α,β-unsaturated/α-hetero) is 1. The van der Waals surface area contributed by atoms with Crippen molar-refractivity contribution in [1.82, 2.24) is 4.90 Å². The number of ketones is 1. The normalized spacial score (nSPS) is 38.4. The summed E-state index contributed by atoms with van der Waals surface area (Å²) < 4.78 is 0. The van der Waals surface area contributed by atoms with E-state index in [1.54, 1.807) is 11.1 Å². The molecule has 0 N–H and O–H groups in total. The SMILES string of the molecule is CCCC(=O)C1CC2C3Cc4ccccc4[C@@]2(CC)CC1N3C. The zero-order valence-electron chi connectivity index (χ0n) is 14.7. The van der Waals surface area contributed by atoms with Crippen LogP contribution in [0.25, 0.3) is 0 Å². The molecule has 1 aromatic carbocycles. The first-order valence-corrected chi connectivity index (χ1v) is 9.45. The fraction of sp³-hybridized carbons (Fsp3) is 0.667. The molecule has 2 heteroatoms. The van der Waals surface area contributed by atoms with Crippen LogP contribution in [-0.4, -0.2) is 29.8 Å². The van der Waals surface area contributed by atoms with E-state index in [4.69, 9.17) is 0 Å². The van der Waals surface area contributed by atoms with Crippen LogP contribution in [0.15, 0.2) is 24.3 Å². The third-order valence-electron chi connectivity index (χ3n) is 7.29. The third kappa shape index (κ3) is 2.00. The summed E-state index contributed by atoms with van der Waals surface area (Å²) >= 11 is 0. The second-order valence-electron chi connectivity index (χ2n) is 8.04. The Morgan fingerprint density at radius 2 is 2.04 bits per heavy atom. The Balaban J connectivity index is 1.76. The number of hydrogen-bond acceptors (Lipinski definition) is 2. The summed E-state index contributed by atoms with van der Waals surface area (Å²) in [7, 11) is 2.28. The van der Waals surface area contributed by atoms with Crippen molar-refractivity contribution >= 4 is 5.78 Å². The van der Waals surface area contributed by atoms with Crippen molar-refractivity contribution < 1.29 is 4.79 Å². The van der Waals surface area contributed by atoms with Crippen molar-refractivity contribution in [2.45, 2.75) is 69.9 Å². The van der Waals surface area contributed by atoms with Gasteiger partial charge in [0.25, 0.3) is 0 Å². The van der Waals surface area contributed by atoms with Gasteiger partial charge in [0, 0.05) is 29.8 Å². The summed E-state index contributed by atoms with van der Waals surface area (Å²) in [6, 6.07) is 10.2. The molecule has 4 unspecified atom stereocenters. The lowest BCUT2D eigenvalue weighted by Crippen LogP contribution is -2.69. The molecule has 2 heterocycles. The lowest BCUT2D eigenvalue weighted by Gasteiger charge is -2.65. The van der Waals surface area contributed by atoms with E-state index in [1.807, 2.05) is 0 Å². The van der Waals surface area contributed by atoms with E-state index in [-0.39, 0.29) is 5.92 Å². The van der Waals surface area contributed by atoms with Gasteiger partial charge >= 0.3 is 0 Å². The highest BCUT2D eigenvalue weighted by Crippen LogP contribution is 2.59. The van der Waals surface area contributed by atoms with E-state index in [0.29, 0.717) is 29.2 Å². The molecule has 0 radical (unpaired) electrons. The molecule has 124 valence electrons. The molecule has 23 heavy (non-hydrogen) atoms. The van der Waals surface area contributed by atoms with Gasteiger partial charge in [-0.3, -0.25) is 9.69 Å². The zero-order chi connectivity index (χ0) is 16.2. The Labute approximate surface area is 140 Å². The molecule has 2 aliphatic carbocycles. The van der Waals surface area contributed by atoms with E-state index >= 15 is 0 Å². The Morgan fingerprint density at radius 1 is 1.26 bits per heavy atom. The Hall–Kier alpha value is -1.15. The number of rotatable bonds is 4. The number of hydrogen-bond donors (Lipinski definition) is 0. The molecule has 5 rings (SSSR count). The van der Waals surface area contributed by atoms with Crippen molar-refractivity contribution in [3.63, 3.8) is 0 Å². The maximum absolute atomic E-state index is 12.7. The first kappa shape index (κ1) is 15.4. The number of likely N-dealkylation sites (N-methyl/N-ethyl adjacent to an activating group) is 1. The minimum absolute atomic E-state index is 0.283. The fourth-order valence-electron chi connectivity index (χ4n) is 6.19. The minimum atomic E-state index is 0.283. The number of benzene rings is 1. The molecular formula is C21H29NO. The van der Waals surface area contributed by atoms with Crippen LogP contribution in [0.5, 0.6) is 0 Å². The van der Waals surface area contributed by atoms with Crippen molar-refractivity contribution in [3.05, 3.63) is 35.4 Å². The van der Waals surface area contributed by atoms with Crippen LogP contribution in [0.3, 0.4) is 0 Å². The quantitative estimate of drug-likeness (QED) is 0.838. The predicted molar refractivity (Wildman–Crippen MR) is 93.6 cm³/mol. The Morgan fingerprint density at radius 3 is 2.78 bits per heavy atom. The van der Waals surface area contributed by atoms with Crippen LogP contribution in [0.4, 0.5) is 0 Å². The molecule has 0 aromatic heterocycles. The Bertz CT molecular complexity index is 624. The summed E-state index contributed by atoms with van der Waals surface area (Å²) in [6.07, 6.45) is 6.44. The van der Waals surface area contributed by atoms with Gasteiger partial charge in [0.05, 0.1) is 0 Å². The molecule has 1 saturated carbocycles. The maximum Gasteiger partial charge on any atom is 0.137 e. The molecule has 0 spiro atoms. The molecule has 4 bridgehead atoms. The number of nitrogens with zero attached hydrogens (tertiary/aromatic N) is 1. The first-order valence-electron chi connectivity index (χ1n) is 9.45. The second kappa shape index (κ2) is 5.44. The monoisotopic (exact) mass is 311 g/mol. The number of carbonyl (C=O) groups is 1. The van der Waals surface area contributed by atoms with E-state index in [0.717, 1.165) is 19.3 Å². The average Bonchev–Trinajstić information content (AvgIpc) is 2.58. The summed E-state index contributed by atoms with van der Waals surface area (Å²) in [5.74, 6) is 1.46. The van der Waals surface area contributed by atoms with E-state index < -0.39 is 0 Å². The standard InChI is InChI=1S/C21H29NO/c1-4-8-20(23)15-12-17-18-11-14-9-6-7-10-16(14)21(17,5-2)13-19(15)22(18)3/h6-7,9-10,15,17-19H,4-5,8,11-13H2,1-3H3/t15?,17?,18?,19?,21-/m1/s1. The highest BCUT2D eigenvalue weighted by molar-refractivity contribution is 5.82. The minimum Gasteiger partial charge on any atom is -0.299 e. The van der Waals surface area contributed by atoms with Crippen LogP contribution in [0.2, 0.25) is 0 Å². The number of fused-ring (bicyclic) bond motifs is 2. The first-order chi connectivity index (χ1) is 11.1. The summed E-state index contributed by atoms with van der Waals surface area (Å²) in [4.78, 5) is 15.2. The lowest BCUT2D eigenvalue weighted by atomic mass is 9.48. The average molecular weight is 311 g/mol. The van der Waals surface area contributed by atoms with Gasteiger partial charge in [-0.1, -0.05) is 38.1 Å². The summed E-state index contributed by atoms with van der Waals surface area (Å²) in [6.45, 7) is 4.49.